The molecule has 9 heteroatoms. The van der Waals surface area contributed by atoms with E-state index in [1.807, 2.05) is 23.4 Å². The third kappa shape index (κ3) is 2.61. The number of amides is 1. The zero-order chi connectivity index (χ0) is 17.4. The molecule has 0 saturated carbocycles. The lowest BCUT2D eigenvalue weighted by molar-refractivity contribution is -0.384. The van der Waals surface area contributed by atoms with E-state index in [0.717, 1.165) is 24.2 Å². The molecule has 1 aromatic heterocycles. The molecule has 2 heterocycles. The van der Waals surface area contributed by atoms with Crippen LogP contribution in [0, 0.1) is 17.0 Å². The molecule has 1 aliphatic rings. The maximum Gasteiger partial charge on any atom is 0.404 e. The average molecular weight is 333 g/mol. The summed E-state index contributed by atoms with van der Waals surface area (Å²) in [5.41, 5.74) is 1.90. The van der Waals surface area contributed by atoms with E-state index in [4.69, 9.17) is 5.11 Å². The minimum absolute atomic E-state index is 0.00262. The Morgan fingerprint density at radius 1 is 1.54 bits per heavy atom. The molecule has 1 saturated heterocycles. The van der Waals surface area contributed by atoms with Crippen LogP contribution in [0.2, 0.25) is 0 Å². The largest absolute Gasteiger partial charge is 0.465 e. The van der Waals surface area contributed by atoms with Gasteiger partial charge in [0.1, 0.15) is 17.0 Å². The number of carbonyl (C=O) groups is 1. The van der Waals surface area contributed by atoms with Crippen molar-refractivity contribution in [1.29, 1.82) is 0 Å². The van der Waals surface area contributed by atoms with Crippen LogP contribution in [0.15, 0.2) is 12.1 Å². The highest BCUT2D eigenvalue weighted by molar-refractivity contribution is 5.95. The van der Waals surface area contributed by atoms with Gasteiger partial charge in [-0.15, -0.1) is 0 Å². The summed E-state index contributed by atoms with van der Waals surface area (Å²) in [4.78, 5) is 28.3. The van der Waals surface area contributed by atoms with Crippen molar-refractivity contribution in [2.45, 2.75) is 25.8 Å². The second-order valence-electron chi connectivity index (χ2n) is 5.95. The molecule has 24 heavy (non-hydrogen) atoms. The fourth-order valence-corrected chi connectivity index (χ4v) is 3.33. The van der Waals surface area contributed by atoms with Crippen LogP contribution in [0.3, 0.4) is 0 Å². The third-order valence-electron chi connectivity index (χ3n) is 4.58. The SMILES string of the molecule is Cc1nc2c(N3CCCC3CNC(=O)O)c([N+](=O)[O-])ccc2n1C. The van der Waals surface area contributed by atoms with Gasteiger partial charge in [-0.2, -0.15) is 0 Å². The zero-order valence-electron chi connectivity index (χ0n) is 13.5. The molecule has 1 amide bonds. The number of nitro benzene ring substituents is 1. The van der Waals surface area contributed by atoms with Gasteiger partial charge >= 0.3 is 6.09 Å². The van der Waals surface area contributed by atoms with E-state index < -0.39 is 11.0 Å². The van der Waals surface area contributed by atoms with Crippen LogP contribution in [0.5, 0.6) is 0 Å². The lowest BCUT2D eigenvalue weighted by Gasteiger charge is -2.26. The fraction of sp³-hybridized carbons (Fsp3) is 0.467. The maximum absolute atomic E-state index is 11.5. The van der Waals surface area contributed by atoms with E-state index in [9.17, 15) is 14.9 Å². The van der Waals surface area contributed by atoms with Crippen LogP contribution < -0.4 is 10.2 Å². The van der Waals surface area contributed by atoms with Crippen LogP contribution in [0.25, 0.3) is 11.0 Å². The molecule has 0 spiro atoms. The van der Waals surface area contributed by atoms with Gasteiger partial charge in [0, 0.05) is 32.2 Å². The van der Waals surface area contributed by atoms with E-state index in [0.29, 0.717) is 17.7 Å². The number of aryl methyl sites for hydroxylation is 2. The Balaban J connectivity index is 2.12. The van der Waals surface area contributed by atoms with Crippen molar-refractivity contribution >= 4 is 28.5 Å². The molecule has 3 rings (SSSR count). The highest BCUT2D eigenvalue weighted by Crippen LogP contribution is 2.39. The normalized spacial score (nSPS) is 17.4. The Labute approximate surface area is 138 Å². The van der Waals surface area contributed by atoms with E-state index in [2.05, 4.69) is 10.3 Å². The number of nitrogens with one attached hydrogen (secondary N) is 1. The number of anilines is 1. The topological polar surface area (TPSA) is 114 Å². The van der Waals surface area contributed by atoms with E-state index >= 15 is 0 Å². The summed E-state index contributed by atoms with van der Waals surface area (Å²) in [7, 11) is 1.87. The highest BCUT2D eigenvalue weighted by Gasteiger charge is 2.33. The number of benzene rings is 1. The summed E-state index contributed by atoms with van der Waals surface area (Å²) >= 11 is 0. The van der Waals surface area contributed by atoms with Crippen LogP contribution >= 0.6 is 0 Å². The van der Waals surface area contributed by atoms with Gasteiger partial charge in [-0.1, -0.05) is 0 Å². The molecular weight excluding hydrogens is 314 g/mol. The number of hydrogen-bond donors (Lipinski definition) is 2. The van der Waals surface area contributed by atoms with Crippen molar-refractivity contribution in [2.75, 3.05) is 18.0 Å². The van der Waals surface area contributed by atoms with Crippen molar-refractivity contribution in [2.24, 2.45) is 7.05 Å². The highest BCUT2D eigenvalue weighted by atomic mass is 16.6. The van der Waals surface area contributed by atoms with Crippen molar-refractivity contribution in [1.82, 2.24) is 14.9 Å². The number of aromatic nitrogens is 2. The Kier molecular flexibility index (Phi) is 4.00. The predicted molar refractivity (Wildman–Crippen MR) is 88.5 cm³/mol. The number of nitrogens with zero attached hydrogens (tertiary/aromatic N) is 4. The summed E-state index contributed by atoms with van der Waals surface area (Å²) in [5.74, 6) is 0.770. The van der Waals surface area contributed by atoms with Gasteiger partial charge in [0.25, 0.3) is 5.69 Å². The minimum atomic E-state index is -1.09. The first kappa shape index (κ1) is 16.0. The Bertz CT molecular complexity index is 816. The van der Waals surface area contributed by atoms with Crippen molar-refractivity contribution in [3.05, 3.63) is 28.1 Å². The van der Waals surface area contributed by atoms with Gasteiger partial charge in [0.2, 0.25) is 0 Å². The summed E-state index contributed by atoms with van der Waals surface area (Å²) in [6.45, 7) is 2.72. The van der Waals surface area contributed by atoms with Crippen molar-refractivity contribution < 1.29 is 14.8 Å². The summed E-state index contributed by atoms with van der Waals surface area (Å²) in [6.07, 6.45) is 0.536. The molecular formula is C15H19N5O4. The first-order valence-electron chi connectivity index (χ1n) is 7.74. The molecule has 2 N–H and O–H groups in total. The lowest BCUT2D eigenvalue weighted by Crippen LogP contribution is -2.40. The number of rotatable bonds is 4. The van der Waals surface area contributed by atoms with Crippen LogP contribution in [0.4, 0.5) is 16.2 Å². The Morgan fingerprint density at radius 3 is 2.96 bits per heavy atom. The van der Waals surface area contributed by atoms with E-state index in [-0.39, 0.29) is 18.3 Å². The Morgan fingerprint density at radius 2 is 2.29 bits per heavy atom. The molecule has 1 atom stereocenters. The summed E-state index contributed by atoms with van der Waals surface area (Å²) in [5, 5.41) is 22.7. The number of nitro groups is 1. The van der Waals surface area contributed by atoms with Crippen LogP contribution in [-0.4, -0.2) is 44.8 Å². The quantitative estimate of drug-likeness (QED) is 0.654. The smallest absolute Gasteiger partial charge is 0.404 e. The molecule has 0 radical (unpaired) electrons. The molecule has 1 aromatic carbocycles. The van der Waals surface area contributed by atoms with Crippen LogP contribution in [0.1, 0.15) is 18.7 Å². The van der Waals surface area contributed by atoms with Gasteiger partial charge in [-0.3, -0.25) is 10.1 Å². The first-order chi connectivity index (χ1) is 11.4. The average Bonchev–Trinajstić information content (AvgIpc) is 3.09. The maximum atomic E-state index is 11.5. The molecule has 128 valence electrons. The van der Waals surface area contributed by atoms with Gasteiger partial charge in [0.05, 0.1) is 10.4 Å². The first-order valence-corrected chi connectivity index (χ1v) is 7.74. The second kappa shape index (κ2) is 5.99. The van der Waals surface area contributed by atoms with E-state index in [1.54, 1.807) is 6.07 Å². The minimum Gasteiger partial charge on any atom is -0.465 e. The molecule has 0 aliphatic carbocycles. The molecule has 9 nitrogen and oxygen atoms in total. The number of hydrogen-bond acceptors (Lipinski definition) is 5. The second-order valence-corrected chi connectivity index (χ2v) is 5.95. The number of imidazole rings is 1. The lowest BCUT2D eigenvalue weighted by atomic mass is 10.1. The molecule has 1 aliphatic heterocycles. The van der Waals surface area contributed by atoms with Gasteiger partial charge in [0.15, 0.2) is 0 Å². The fourth-order valence-electron chi connectivity index (χ4n) is 3.33. The van der Waals surface area contributed by atoms with Crippen molar-refractivity contribution in [3.8, 4) is 0 Å². The molecule has 1 fully saturated rings. The summed E-state index contributed by atoms with van der Waals surface area (Å²) in [6, 6.07) is 3.09. The van der Waals surface area contributed by atoms with E-state index in [1.165, 1.54) is 6.07 Å². The van der Waals surface area contributed by atoms with Crippen LogP contribution in [-0.2, 0) is 7.05 Å². The summed E-state index contributed by atoms with van der Waals surface area (Å²) < 4.78 is 1.89. The van der Waals surface area contributed by atoms with Gasteiger partial charge in [-0.05, 0) is 25.8 Å². The number of fused-ring (bicyclic) bond motifs is 1. The van der Waals surface area contributed by atoms with Gasteiger partial charge in [-0.25, -0.2) is 9.78 Å². The molecule has 0 bridgehead atoms. The zero-order valence-corrected chi connectivity index (χ0v) is 13.5. The Hall–Kier alpha value is -2.84. The third-order valence-corrected chi connectivity index (χ3v) is 4.58. The monoisotopic (exact) mass is 333 g/mol. The van der Waals surface area contributed by atoms with Crippen molar-refractivity contribution in [3.63, 3.8) is 0 Å². The molecule has 2 aromatic rings. The number of carboxylic acid groups (broad SMARTS) is 1. The molecule has 1 unspecified atom stereocenters. The predicted octanol–water partition coefficient (Wildman–Crippen LogP) is 2.03. The van der Waals surface area contributed by atoms with Gasteiger partial charge < -0.3 is 19.9 Å². The standard InChI is InChI=1S/C15H19N5O4/c1-9-17-13-11(18(9)2)5-6-12(20(23)24)14(13)19-7-3-4-10(19)8-16-15(21)22/h5-6,10,16H,3-4,7-8H2,1-2H3,(H,21,22).